The number of ether oxygens (including phenoxy) is 1. The number of carbonyl (C=O) groups is 1. The van der Waals surface area contributed by atoms with E-state index in [1.165, 1.54) is 36.8 Å². The molecule has 0 radical (unpaired) electrons. The molecule has 1 aromatic rings. The number of nitrogens with one attached hydrogen (secondary N) is 1. The molecule has 3 heteroatoms. The first-order valence-corrected chi connectivity index (χ1v) is 8.59. The SMILES string of the molecule is Cc1cc(OCC(=O)NC2CCCCCC2)ccc1C(C)C. The number of rotatable bonds is 5. The molecule has 3 nitrogen and oxygen atoms in total. The van der Waals surface area contributed by atoms with Crippen LogP contribution in [-0.2, 0) is 4.79 Å². The maximum absolute atomic E-state index is 12.0. The van der Waals surface area contributed by atoms with Crippen LogP contribution in [0, 0.1) is 6.92 Å². The molecule has 0 bridgehead atoms. The minimum absolute atomic E-state index is 0.00232. The molecule has 122 valence electrons. The Morgan fingerprint density at radius 1 is 1.23 bits per heavy atom. The van der Waals surface area contributed by atoms with Crippen LogP contribution in [0.15, 0.2) is 18.2 Å². The van der Waals surface area contributed by atoms with Gasteiger partial charge in [0.25, 0.3) is 5.91 Å². The van der Waals surface area contributed by atoms with Crippen molar-refractivity contribution < 1.29 is 9.53 Å². The zero-order chi connectivity index (χ0) is 15.9. The number of benzene rings is 1. The normalized spacial score (nSPS) is 16.4. The van der Waals surface area contributed by atoms with Gasteiger partial charge in [0, 0.05) is 6.04 Å². The fourth-order valence-corrected chi connectivity index (χ4v) is 3.23. The van der Waals surface area contributed by atoms with E-state index in [1.807, 2.05) is 12.1 Å². The molecule has 0 aliphatic heterocycles. The Morgan fingerprint density at radius 3 is 2.50 bits per heavy atom. The summed E-state index contributed by atoms with van der Waals surface area (Å²) in [5.41, 5.74) is 2.55. The largest absolute Gasteiger partial charge is 0.484 e. The molecule has 1 saturated carbocycles. The highest BCUT2D eigenvalue weighted by molar-refractivity contribution is 5.77. The molecule has 22 heavy (non-hydrogen) atoms. The van der Waals surface area contributed by atoms with E-state index in [0.717, 1.165) is 18.6 Å². The zero-order valence-corrected chi connectivity index (χ0v) is 14.2. The van der Waals surface area contributed by atoms with Gasteiger partial charge in [-0.1, -0.05) is 45.6 Å². The van der Waals surface area contributed by atoms with Gasteiger partial charge in [-0.2, -0.15) is 0 Å². The summed E-state index contributed by atoms with van der Waals surface area (Å²) in [6.07, 6.45) is 7.25. The Bertz CT molecular complexity index is 488. The summed E-state index contributed by atoms with van der Waals surface area (Å²) < 4.78 is 5.64. The zero-order valence-electron chi connectivity index (χ0n) is 14.2. The van der Waals surface area contributed by atoms with Crippen LogP contribution in [-0.4, -0.2) is 18.6 Å². The standard InChI is InChI=1S/C19H29NO2/c1-14(2)18-11-10-17(12-15(18)3)22-13-19(21)20-16-8-6-4-5-7-9-16/h10-12,14,16H,4-9,13H2,1-3H3,(H,20,21). The van der Waals surface area contributed by atoms with Crippen LogP contribution in [0.1, 0.15) is 69.4 Å². The molecular formula is C19H29NO2. The third-order valence-electron chi connectivity index (χ3n) is 4.45. The molecule has 2 rings (SSSR count). The average molecular weight is 303 g/mol. The Hall–Kier alpha value is -1.51. The van der Waals surface area contributed by atoms with Gasteiger partial charge in [-0.3, -0.25) is 4.79 Å². The summed E-state index contributed by atoms with van der Waals surface area (Å²) in [4.78, 5) is 12.0. The first-order valence-electron chi connectivity index (χ1n) is 8.59. The van der Waals surface area contributed by atoms with Crippen LogP contribution in [0.3, 0.4) is 0 Å². The summed E-state index contributed by atoms with van der Waals surface area (Å²) in [6, 6.07) is 6.41. The van der Waals surface area contributed by atoms with Crippen LogP contribution >= 0.6 is 0 Å². The molecule has 0 atom stereocenters. The van der Waals surface area contributed by atoms with Crippen LogP contribution in [0.2, 0.25) is 0 Å². The smallest absolute Gasteiger partial charge is 0.258 e. The van der Waals surface area contributed by atoms with E-state index in [9.17, 15) is 4.79 Å². The lowest BCUT2D eigenvalue weighted by molar-refractivity contribution is -0.123. The second kappa shape index (κ2) is 8.21. The van der Waals surface area contributed by atoms with Gasteiger partial charge in [-0.25, -0.2) is 0 Å². The maximum Gasteiger partial charge on any atom is 0.258 e. The lowest BCUT2D eigenvalue weighted by Crippen LogP contribution is -2.37. The molecule has 1 aliphatic rings. The van der Waals surface area contributed by atoms with E-state index in [-0.39, 0.29) is 12.5 Å². The third kappa shape index (κ3) is 5.04. The maximum atomic E-state index is 12.0. The number of amides is 1. The lowest BCUT2D eigenvalue weighted by atomic mass is 9.98. The van der Waals surface area contributed by atoms with E-state index in [2.05, 4.69) is 32.2 Å². The molecule has 1 N–H and O–H groups in total. The van der Waals surface area contributed by atoms with Crippen molar-refractivity contribution in [1.29, 1.82) is 0 Å². The number of aryl methyl sites for hydroxylation is 1. The predicted octanol–water partition coefficient (Wildman–Crippen LogP) is 4.34. The van der Waals surface area contributed by atoms with Gasteiger partial charge in [-0.05, 0) is 48.9 Å². The Kier molecular flexibility index (Phi) is 6.29. The third-order valence-corrected chi connectivity index (χ3v) is 4.45. The van der Waals surface area contributed by atoms with Crippen molar-refractivity contribution in [2.75, 3.05) is 6.61 Å². The number of carbonyl (C=O) groups excluding carboxylic acids is 1. The van der Waals surface area contributed by atoms with E-state index in [4.69, 9.17) is 4.74 Å². The van der Waals surface area contributed by atoms with Gasteiger partial charge in [0.15, 0.2) is 6.61 Å². The van der Waals surface area contributed by atoms with Crippen LogP contribution in [0.4, 0.5) is 0 Å². The molecule has 0 aromatic heterocycles. The fourth-order valence-electron chi connectivity index (χ4n) is 3.23. The lowest BCUT2D eigenvalue weighted by Gasteiger charge is -2.17. The van der Waals surface area contributed by atoms with Gasteiger partial charge in [0.2, 0.25) is 0 Å². The summed E-state index contributed by atoms with van der Waals surface area (Å²) >= 11 is 0. The Morgan fingerprint density at radius 2 is 1.91 bits per heavy atom. The average Bonchev–Trinajstić information content (AvgIpc) is 2.73. The van der Waals surface area contributed by atoms with E-state index >= 15 is 0 Å². The second-order valence-corrected chi connectivity index (χ2v) is 6.72. The molecule has 1 amide bonds. The summed E-state index contributed by atoms with van der Waals surface area (Å²) in [5, 5.41) is 3.11. The van der Waals surface area contributed by atoms with Crippen molar-refractivity contribution in [2.24, 2.45) is 0 Å². The first kappa shape index (κ1) is 16.9. The van der Waals surface area contributed by atoms with Crippen LogP contribution in [0.25, 0.3) is 0 Å². The molecule has 0 spiro atoms. The summed E-state index contributed by atoms with van der Waals surface area (Å²) in [5.74, 6) is 1.28. The van der Waals surface area contributed by atoms with Crippen LogP contribution < -0.4 is 10.1 Å². The molecular weight excluding hydrogens is 274 g/mol. The number of hydrogen-bond acceptors (Lipinski definition) is 2. The Labute approximate surface area is 134 Å². The van der Waals surface area contributed by atoms with Crippen molar-refractivity contribution in [1.82, 2.24) is 5.32 Å². The highest BCUT2D eigenvalue weighted by atomic mass is 16.5. The van der Waals surface area contributed by atoms with Crippen LogP contribution in [0.5, 0.6) is 5.75 Å². The van der Waals surface area contributed by atoms with Crippen molar-refractivity contribution in [3.63, 3.8) is 0 Å². The van der Waals surface area contributed by atoms with Gasteiger partial charge in [0.1, 0.15) is 5.75 Å². The van der Waals surface area contributed by atoms with Gasteiger partial charge < -0.3 is 10.1 Å². The fraction of sp³-hybridized carbons (Fsp3) is 0.632. The van der Waals surface area contributed by atoms with Crippen molar-refractivity contribution >= 4 is 5.91 Å². The Balaban J connectivity index is 1.81. The van der Waals surface area contributed by atoms with Crippen molar-refractivity contribution in [3.8, 4) is 5.75 Å². The highest BCUT2D eigenvalue weighted by Crippen LogP contribution is 2.23. The van der Waals surface area contributed by atoms with Gasteiger partial charge >= 0.3 is 0 Å². The van der Waals surface area contributed by atoms with Gasteiger partial charge in [0.05, 0.1) is 0 Å². The second-order valence-electron chi connectivity index (χ2n) is 6.72. The highest BCUT2D eigenvalue weighted by Gasteiger charge is 2.15. The predicted molar refractivity (Wildman–Crippen MR) is 90.4 cm³/mol. The molecule has 0 heterocycles. The first-order chi connectivity index (χ1) is 10.6. The molecule has 1 aromatic carbocycles. The molecule has 1 fully saturated rings. The molecule has 0 unspecified atom stereocenters. The molecule has 0 saturated heterocycles. The van der Waals surface area contributed by atoms with E-state index < -0.39 is 0 Å². The summed E-state index contributed by atoms with van der Waals surface area (Å²) in [6.45, 7) is 6.57. The molecule has 1 aliphatic carbocycles. The van der Waals surface area contributed by atoms with Gasteiger partial charge in [-0.15, -0.1) is 0 Å². The minimum Gasteiger partial charge on any atom is -0.484 e. The summed E-state index contributed by atoms with van der Waals surface area (Å²) in [7, 11) is 0. The monoisotopic (exact) mass is 303 g/mol. The topological polar surface area (TPSA) is 38.3 Å². The minimum atomic E-state index is -0.00232. The number of hydrogen-bond donors (Lipinski definition) is 1. The van der Waals surface area contributed by atoms with Crippen molar-refractivity contribution in [3.05, 3.63) is 29.3 Å². The quantitative estimate of drug-likeness (QED) is 0.822. The van der Waals surface area contributed by atoms with E-state index in [1.54, 1.807) is 0 Å². The van der Waals surface area contributed by atoms with Crippen molar-refractivity contribution in [2.45, 2.75) is 71.3 Å². The van der Waals surface area contributed by atoms with E-state index in [0.29, 0.717) is 12.0 Å².